The van der Waals surface area contributed by atoms with E-state index in [1.165, 1.54) is 0 Å². The number of rotatable bonds is 6. The van der Waals surface area contributed by atoms with Crippen molar-refractivity contribution in [1.29, 1.82) is 0 Å². The Morgan fingerprint density at radius 1 is 0.968 bits per heavy atom. The zero-order valence-electron chi connectivity index (χ0n) is 17.1. The third-order valence-corrected chi connectivity index (χ3v) is 4.99. The number of benzene rings is 3. The van der Waals surface area contributed by atoms with Crippen LogP contribution >= 0.6 is 0 Å². The minimum Gasteiger partial charge on any atom is -0.489 e. The van der Waals surface area contributed by atoms with Gasteiger partial charge in [0.05, 0.1) is 11.6 Å². The van der Waals surface area contributed by atoms with Gasteiger partial charge in [0.1, 0.15) is 12.4 Å². The summed E-state index contributed by atoms with van der Waals surface area (Å²) in [5.74, 6) is 0.381. The summed E-state index contributed by atoms with van der Waals surface area (Å²) in [4.78, 5) is 25.2. The van der Waals surface area contributed by atoms with Gasteiger partial charge < -0.3 is 20.7 Å². The van der Waals surface area contributed by atoms with Crippen molar-refractivity contribution in [2.75, 3.05) is 5.32 Å². The van der Waals surface area contributed by atoms with Crippen molar-refractivity contribution in [3.05, 3.63) is 107 Å². The molecule has 156 valence electrons. The van der Waals surface area contributed by atoms with Gasteiger partial charge in [0.25, 0.3) is 5.91 Å². The van der Waals surface area contributed by atoms with E-state index in [9.17, 15) is 9.59 Å². The summed E-state index contributed by atoms with van der Waals surface area (Å²) < 4.78 is 5.92. The third kappa shape index (κ3) is 4.93. The fraction of sp³-hybridized carbons (Fsp3) is 0.120. The lowest BCUT2D eigenvalue weighted by Crippen LogP contribution is -2.45. The molecule has 1 heterocycles. The largest absolute Gasteiger partial charge is 0.489 e. The fourth-order valence-corrected chi connectivity index (χ4v) is 3.49. The highest BCUT2D eigenvalue weighted by atomic mass is 16.5. The molecule has 31 heavy (non-hydrogen) atoms. The molecule has 3 amide bonds. The van der Waals surface area contributed by atoms with Gasteiger partial charge >= 0.3 is 6.03 Å². The van der Waals surface area contributed by atoms with Crippen molar-refractivity contribution in [2.24, 2.45) is 0 Å². The van der Waals surface area contributed by atoms with E-state index in [0.29, 0.717) is 29.3 Å². The fourth-order valence-electron chi connectivity index (χ4n) is 3.49. The Morgan fingerprint density at radius 3 is 2.42 bits per heavy atom. The summed E-state index contributed by atoms with van der Waals surface area (Å²) in [6.45, 7) is 2.15. The molecule has 3 aromatic carbocycles. The number of anilines is 1. The molecule has 3 aromatic rings. The number of carbonyl (C=O) groups excluding carboxylic acids is 2. The molecular formula is C25H23N3O3. The summed E-state index contributed by atoms with van der Waals surface area (Å²) in [6.07, 6.45) is 0. The Labute approximate surface area is 180 Å². The standard InChI is InChI=1S/C25H23N3O3/c1-17-22(24(29)27-20-12-6-3-7-13-20)23(28-25(30)26-17)19-11-8-14-21(15-19)31-16-18-9-4-2-5-10-18/h2-15,23H,16H2,1H3,(H,27,29)(H2,26,28,30). The van der Waals surface area contributed by atoms with Crippen molar-refractivity contribution in [2.45, 2.75) is 19.6 Å². The lowest BCUT2D eigenvalue weighted by atomic mass is 9.94. The Balaban J connectivity index is 1.58. The monoisotopic (exact) mass is 413 g/mol. The summed E-state index contributed by atoms with van der Waals surface area (Å²) in [7, 11) is 0. The molecule has 0 saturated carbocycles. The topological polar surface area (TPSA) is 79.5 Å². The zero-order chi connectivity index (χ0) is 21.6. The molecule has 0 saturated heterocycles. The quantitative estimate of drug-likeness (QED) is 0.555. The third-order valence-electron chi connectivity index (χ3n) is 4.99. The number of urea groups is 1. The summed E-state index contributed by atoms with van der Waals surface area (Å²) in [5.41, 5.74) is 3.46. The number of para-hydroxylation sites is 1. The molecule has 0 spiro atoms. The SMILES string of the molecule is CC1=C(C(=O)Nc2ccccc2)C(c2cccc(OCc3ccccc3)c2)NC(=O)N1. The number of hydrogen-bond donors (Lipinski definition) is 3. The Bertz CT molecular complexity index is 1110. The van der Waals surface area contributed by atoms with Crippen molar-refractivity contribution >= 4 is 17.6 Å². The molecule has 6 heteroatoms. The van der Waals surface area contributed by atoms with Gasteiger partial charge in [0.2, 0.25) is 0 Å². The molecule has 6 nitrogen and oxygen atoms in total. The highest BCUT2D eigenvalue weighted by molar-refractivity contribution is 6.06. The second-order valence-corrected chi connectivity index (χ2v) is 7.24. The van der Waals surface area contributed by atoms with Crippen LogP contribution in [0, 0.1) is 0 Å². The van der Waals surface area contributed by atoms with E-state index in [1.54, 1.807) is 6.92 Å². The molecule has 0 bridgehead atoms. The van der Waals surface area contributed by atoms with Gasteiger partial charge in [-0.2, -0.15) is 0 Å². The first kappa shape index (κ1) is 20.2. The van der Waals surface area contributed by atoms with Crippen molar-refractivity contribution < 1.29 is 14.3 Å². The molecule has 0 radical (unpaired) electrons. The maximum absolute atomic E-state index is 13.1. The van der Waals surface area contributed by atoms with Gasteiger partial charge in [0, 0.05) is 11.4 Å². The lowest BCUT2D eigenvalue weighted by molar-refractivity contribution is -0.113. The second kappa shape index (κ2) is 9.17. The minimum atomic E-state index is -0.599. The Kier molecular flexibility index (Phi) is 5.98. The normalized spacial score (nSPS) is 15.6. The van der Waals surface area contributed by atoms with E-state index >= 15 is 0 Å². The maximum Gasteiger partial charge on any atom is 0.319 e. The van der Waals surface area contributed by atoms with Gasteiger partial charge in [-0.25, -0.2) is 4.79 Å². The van der Waals surface area contributed by atoms with Gasteiger partial charge in [-0.1, -0.05) is 60.7 Å². The summed E-state index contributed by atoms with van der Waals surface area (Å²) in [6, 6.07) is 25.6. The number of allylic oxidation sites excluding steroid dienone is 1. The van der Waals surface area contributed by atoms with E-state index in [-0.39, 0.29) is 11.9 Å². The summed E-state index contributed by atoms with van der Waals surface area (Å²) in [5, 5.41) is 8.45. The van der Waals surface area contributed by atoms with E-state index in [0.717, 1.165) is 11.1 Å². The van der Waals surface area contributed by atoms with Gasteiger partial charge in [0.15, 0.2) is 0 Å². The number of amides is 3. The maximum atomic E-state index is 13.1. The predicted molar refractivity (Wildman–Crippen MR) is 119 cm³/mol. The van der Waals surface area contributed by atoms with Crippen LogP contribution in [-0.4, -0.2) is 11.9 Å². The number of ether oxygens (including phenoxy) is 1. The Morgan fingerprint density at radius 2 is 1.68 bits per heavy atom. The van der Waals surface area contributed by atoms with Crippen LogP contribution in [0.3, 0.4) is 0 Å². The molecule has 4 rings (SSSR count). The molecule has 0 fully saturated rings. The minimum absolute atomic E-state index is 0.281. The molecular weight excluding hydrogens is 390 g/mol. The Hall–Kier alpha value is -4.06. The second-order valence-electron chi connectivity index (χ2n) is 7.24. The first-order chi connectivity index (χ1) is 15.1. The molecule has 1 aliphatic rings. The van der Waals surface area contributed by atoms with Crippen LogP contribution in [0.5, 0.6) is 5.75 Å². The highest BCUT2D eigenvalue weighted by Gasteiger charge is 2.31. The van der Waals surface area contributed by atoms with Gasteiger partial charge in [-0.15, -0.1) is 0 Å². The first-order valence-corrected chi connectivity index (χ1v) is 10.0. The van der Waals surface area contributed by atoms with Gasteiger partial charge in [-0.05, 0) is 42.3 Å². The average Bonchev–Trinajstić information content (AvgIpc) is 2.78. The number of carbonyl (C=O) groups is 2. The van der Waals surface area contributed by atoms with Crippen LogP contribution in [-0.2, 0) is 11.4 Å². The van der Waals surface area contributed by atoms with Crippen LogP contribution in [0.2, 0.25) is 0 Å². The molecule has 0 aliphatic carbocycles. The van der Waals surface area contributed by atoms with E-state index < -0.39 is 6.04 Å². The number of hydrogen-bond acceptors (Lipinski definition) is 3. The van der Waals surface area contributed by atoms with E-state index in [2.05, 4.69) is 16.0 Å². The molecule has 1 unspecified atom stereocenters. The smallest absolute Gasteiger partial charge is 0.319 e. The average molecular weight is 413 g/mol. The first-order valence-electron chi connectivity index (χ1n) is 10.0. The molecule has 1 aliphatic heterocycles. The van der Waals surface area contributed by atoms with Crippen LogP contribution in [0.15, 0.2) is 96.2 Å². The summed E-state index contributed by atoms with van der Waals surface area (Å²) >= 11 is 0. The van der Waals surface area contributed by atoms with Crippen LogP contribution in [0.25, 0.3) is 0 Å². The van der Waals surface area contributed by atoms with Crippen molar-refractivity contribution in [3.63, 3.8) is 0 Å². The molecule has 3 N–H and O–H groups in total. The van der Waals surface area contributed by atoms with Gasteiger partial charge in [-0.3, -0.25) is 4.79 Å². The van der Waals surface area contributed by atoms with Crippen LogP contribution < -0.4 is 20.7 Å². The predicted octanol–water partition coefficient (Wildman–Crippen LogP) is 4.53. The lowest BCUT2D eigenvalue weighted by Gasteiger charge is -2.29. The van der Waals surface area contributed by atoms with E-state index in [4.69, 9.17) is 4.74 Å². The highest BCUT2D eigenvalue weighted by Crippen LogP contribution is 2.30. The molecule has 1 atom stereocenters. The zero-order valence-corrected chi connectivity index (χ0v) is 17.1. The van der Waals surface area contributed by atoms with Crippen molar-refractivity contribution in [3.8, 4) is 5.75 Å². The van der Waals surface area contributed by atoms with Crippen LogP contribution in [0.4, 0.5) is 10.5 Å². The van der Waals surface area contributed by atoms with E-state index in [1.807, 2.05) is 84.9 Å². The van der Waals surface area contributed by atoms with Crippen molar-refractivity contribution in [1.82, 2.24) is 10.6 Å². The van der Waals surface area contributed by atoms with Crippen LogP contribution in [0.1, 0.15) is 24.1 Å². The number of nitrogens with one attached hydrogen (secondary N) is 3. The molecule has 0 aromatic heterocycles.